The minimum Gasteiger partial charge on any atom is -0.313 e. The van der Waals surface area contributed by atoms with Gasteiger partial charge in [0.15, 0.2) is 0 Å². The van der Waals surface area contributed by atoms with Crippen LogP contribution in [0.5, 0.6) is 0 Å². The van der Waals surface area contributed by atoms with E-state index in [0.29, 0.717) is 11.1 Å². The average molecular weight is 195 g/mol. The Labute approximate surface area is 82.3 Å². The van der Waals surface area contributed by atoms with Crippen LogP contribution in [0.4, 0.5) is 0 Å². The van der Waals surface area contributed by atoms with Crippen molar-refractivity contribution in [3.63, 3.8) is 0 Å². The fourth-order valence-corrected chi connectivity index (χ4v) is 2.46. The summed E-state index contributed by atoms with van der Waals surface area (Å²) in [6, 6.07) is 4.70. The molecule has 1 N–H and O–H groups in total. The molecule has 0 spiro atoms. The number of aromatic nitrogens is 1. The van der Waals surface area contributed by atoms with Gasteiger partial charge in [-0.1, -0.05) is 17.7 Å². The zero-order chi connectivity index (χ0) is 8.84. The summed E-state index contributed by atoms with van der Waals surface area (Å²) in [5, 5.41) is 4.03. The lowest BCUT2D eigenvalue weighted by Crippen LogP contribution is -2.63. The summed E-state index contributed by atoms with van der Waals surface area (Å²) >= 11 is 5.73. The second-order valence-electron chi connectivity index (χ2n) is 3.95. The number of piperidine rings is 1. The molecule has 2 fully saturated rings. The molecule has 0 amide bonds. The molecule has 2 nitrogen and oxygen atoms in total. The monoisotopic (exact) mass is 194 g/mol. The number of rotatable bonds is 1. The van der Waals surface area contributed by atoms with Crippen molar-refractivity contribution in [2.24, 2.45) is 5.92 Å². The number of pyridine rings is 1. The standard InChI is InChI=1S/C10H11ClN2/c11-9-2-1-6(4-12-9)8-3-7-5-13-10(7)8/h1-2,4,7-8,10,13H,3,5H2/t7-,8-,10+/m1/s1. The van der Waals surface area contributed by atoms with Gasteiger partial charge >= 0.3 is 0 Å². The van der Waals surface area contributed by atoms with E-state index in [4.69, 9.17) is 11.6 Å². The van der Waals surface area contributed by atoms with Crippen LogP contribution in [0.25, 0.3) is 0 Å². The lowest BCUT2D eigenvalue weighted by atomic mass is 9.62. The van der Waals surface area contributed by atoms with Crippen LogP contribution in [0, 0.1) is 5.92 Å². The van der Waals surface area contributed by atoms with Crippen LogP contribution < -0.4 is 5.32 Å². The van der Waals surface area contributed by atoms with Crippen molar-refractivity contribution in [1.82, 2.24) is 10.3 Å². The van der Waals surface area contributed by atoms with E-state index in [1.54, 1.807) is 0 Å². The molecule has 0 unspecified atom stereocenters. The van der Waals surface area contributed by atoms with Crippen molar-refractivity contribution < 1.29 is 0 Å². The summed E-state index contributed by atoms with van der Waals surface area (Å²) in [6.07, 6.45) is 3.23. The molecule has 3 atom stereocenters. The lowest BCUT2D eigenvalue weighted by Gasteiger charge is -2.54. The Morgan fingerprint density at radius 2 is 2.38 bits per heavy atom. The second-order valence-corrected chi connectivity index (χ2v) is 4.34. The van der Waals surface area contributed by atoms with Crippen LogP contribution in [0.2, 0.25) is 5.15 Å². The SMILES string of the molecule is Clc1ccc([C@H]2C[C@@H]3CN[C@@H]32)cn1. The topological polar surface area (TPSA) is 24.9 Å². The van der Waals surface area contributed by atoms with Gasteiger partial charge in [-0.25, -0.2) is 4.98 Å². The Morgan fingerprint density at radius 3 is 2.85 bits per heavy atom. The predicted molar refractivity (Wildman–Crippen MR) is 51.9 cm³/mol. The summed E-state index contributed by atoms with van der Waals surface area (Å²) < 4.78 is 0. The van der Waals surface area contributed by atoms with E-state index in [2.05, 4.69) is 16.4 Å². The summed E-state index contributed by atoms with van der Waals surface area (Å²) in [4.78, 5) is 4.10. The molecule has 0 bridgehead atoms. The number of nitrogens with zero attached hydrogens (tertiary/aromatic N) is 1. The molecule has 1 aromatic rings. The van der Waals surface area contributed by atoms with Gasteiger partial charge in [-0.2, -0.15) is 0 Å². The Morgan fingerprint density at radius 1 is 1.46 bits per heavy atom. The first-order valence-electron chi connectivity index (χ1n) is 4.69. The lowest BCUT2D eigenvalue weighted by molar-refractivity contribution is 0.0765. The molecule has 2 aliphatic rings. The molecule has 68 valence electrons. The first-order valence-corrected chi connectivity index (χ1v) is 5.07. The van der Waals surface area contributed by atoms with Crippen molar-refractivity contribution >= 4 is 11.6 Å². The van der Waals surface area contributed by atoms with Crippen molar-refractivity contribution in [1.29, 1.82) is 0 Å². The van der Waals surface area contributed by atoms with Crippen molar-refractivity contribution in [3.05, 3.63) is 29.0 Å². The maximum atomic E-state index is 5.73. The molecule has 0 aromatic carbocycles. The van der Waals surface area contributed by atoms with Gasteiger partial charge in [0, 0.05) is 18.2 Å². The zero-order valence-electron chi connectivity index (χ0n) is 7.20. The Hall–Kier alpha value is -0.600. The number of halogens is 1. The quantitative estimate of drug-likeness (QED) is 0.690. The smallest absolute Gasteiger partial charge is 0.129 e. The molecule has 1 aromatic heterocycles. The van der Waals surface area contributed by atoms with E-state index in [-0.39, 0.29) is 0 Å². The van der Waals surface area contributed by atoms with Crippen LogP contribution in [-0.4, -0.2) is 17.6 Å². The van der Waals surface area contributed by atoms with Gasteiger partial charge in [-0.3, -0.25) is 0 Å². The van der Waals surface area contributed by atoms with E-state index >= 15 is 0 Å². The minimum atomic E-state index is 0.584. The molecule has 2 heterocycles. The molecule has 3 rings (SSSR count). The van der Waals surface area contributed by atoms with Crippen molar-refractivity contribution in [3.8, 4) is 0 Å². The van der Waals surface area contributed by atoms with Gasteiger partial charge in [0.2, 0.25) is 0 Å². The maximum absolute atomic E-state index is 5.73. The number of hydrogen-bond acceptors (Lipinski definition) is 2. The van der Waals surface area contributed by atoms with Crippen molar-refractivity contribution in [2.45, 2.75) is 18.4 Å². The van der Waals surface area contributed by atoms with Crippen LogP contribution >= 0.6 is 11.6 Å². The van der Waals surface area contributed by atoms with E-state index in [0.717, 1.165) is 12.0 Å². The molecule has 1 aliphatic carbocycles. The zero-order valence-corrected chi connectivity index (χ0v) is 7.96. The Bertz CT molecular complexity index is 322. The van der Waals surface area contributed by atoms with Gasteiger partial charge < -0.3 is 5.32 Å². The molecule has 13 heavy (non-hydrogen) atoms. The molecule has 1 aliphatic heterocycles. The first kappa shape index (κ1) is 7.77. The largest absolute Gasteiger partial charge is 0.313 e. The van der Waals surface area contributed by atoms with Gasteiger partial charge in [0.25, 0.3) is 0 Å². The molecule has 1 saturated heterocycles. The van der Waals surface area contributed by atoms with Gasteiger partial charge in [-0.15, -0.1) is 0 Å². The van der Waals surface area contributed by atoms with E-state index in [9.17, 15) is 0 Å². The van der Waals surface area contributed by atoms with Gasteiger partial charge in [0.1, 0.15) is 5.15 Å². The third-order valence-corrected chi connectivity index (χ3v) is 3.52. The molecule has 1 saturated carbocycles. The summed E-state index contributed by atoms with van der Waals surface area (Å²) in [7, 11) is 0. The fraction of sp³-hybridized carbons (Fsp3) is 0.500. The number of nitrogens with one attached hydrogen (secondary N) is 1. The second kappa shape index (κ2) is 2.69. The Kier molecular flexibility index (Phi) is 1.61. The molecular formula is C10H11ClN2. The first-order chi connectivity index (χ1) is 6.34. The van der Waals surface area contributed by atoms with Crippen LogP contribution in [0.1, 0.15) is 17.9 Å². The average Bonchev–Trinajstić information content (AvgIpc) is 2.12. The van der Waals surface area contributed by atoms with Crippen LogP contribution in [0.15, 0.2) is 18.3 Å². The highest BCUT2D eigenvalue weighted by Crippen LogP contribution is 2.45. The van der Waals surface area contributed by atoms with Crippen molar-refractivity contribution in [2.75, 3.05) is 6.54 Å². The summed E-state index contributed by atoms with van der Waals surface area (Å²) in [6.45, 7) is 1.21. The van der Waals surface area contributed by atoms with Gasteiger partial charge in [-0.05, 0) is 30.5 Å². The third-order valence-electron chi connectivity index (χ3n) is 3.29. The normalized spacial score (nSPS) is 35.9. The summed E-state index contributed by atoms with van der Waals surface area (Å²) in [5.74, 6) is 1.61. The van der Waals surface area contributed by atoms with Gasteiger partial charge in [0.05, 0.1) is 0 Å². The highest BCUT2D eigenvalue weighted by atomic mass is 35.5. The predicted octanol–water partition coefficient (Wildman–Crippen LogP) is 1.81. The van der Waals surface area contributed by atoms with Crippen LogP contribution in [0.3, 0.4) is 0 Å². The van der Waals surface area contributed by atoms with E-state index in [1.165, 1.54) is 18.5 Å². The third kappa shape index (κ3) is 1.09. The summed E-state index contributed by atoms with van der Waals surface area (Å²) in [5.41, 5.74) is 1.33. The maximum Gasteiger partial charge on any atom is 0.129 e. The van der Waals surface area contributed by atoms with E-state index in [1.807, 2.05) is 12.3 Å². The molecule has 3 heteroatoms. The highest BCUT2D eigenvalue weighted by Gasteiger charge is 2.47. The Balaban J connectivity index is 1.81. The van der Waals surface area contributed by atoms with Crippen LogP contribution in [-0.2, 0) is 0 Å². The molecule has 0 radical (unpaired) electrons. The van der Waals surface area contributed by atoms with E-state index < -0.39 is 0 Å². The molecular weight excluding hydrogens is 184 g/mol. The highest BCUT2D eigenvalue weighted by molar-refractivity contribution is 6.29. The number of fused-ring (bicyclic) bond motifs is 1. The fourth-order valence-electron chi connectivity index (χ4n) is 2.35. The number of hydrogen-bond donors (Lipinski definition) is 1. The minimum absolute atomic E-state index is 0.584.